The van der Waals surface area contributed by atoms with E-state index in [-0.39, 0.29) is 12.5 Å². The number of ether oxygens (including phenoxy) is 2. The molecule has 0 saturated carbocycles. The lowest BCUT2D eigenvalue weighted by molar-refractivity contribution is -0.134. The highest BCUT2D eigenvalue weighted by Gasteiger charge is 2.50. The lowest BCUT2D eigenvalue weighted by Gasteiger charge is -2.24. The Morgan fingerprint density at radius 1 is 1.07 bits per heavy atom. The van der Waals surface area contributed by atoms with Crippen molar-refractivity contribution in [2.45, 2.75) is 12.5 Å². The maximum Gasteiger partial charge on any atom is 0.325 e. The van der Waals surface area contributed by atoms with E-state index in [0.29, 0.717) is 22.7 Å². The van der Waals surface area contributed by atoms with E-state index in [1.54, 1.807) is 56.4 Å². The molecule has 1 aliphatic heterocycles. The topological polar surface area (TPSA) is 88.2 Å². The third kappa shape index (κ3) is 3.61. The van der Waals surface area contributed by atoms with Gasteiger partial charge in [0.2, 0.25) is 5.91 Å². The molecule has 0 unspecified atom stereocenters. The fourth-order valence-electron chi connectivity index (χ4n) is 3.22. The van der Waals surface area contributed by atoms with Crippen molar-refractivity contribution in [1.29, 1.82) is 0 Å². The molecule has 1 N–H and O–H groups in total. The smallest absolute Gasteiger partial charge is 0.325 e. The quantitative estimate of drug-likeness (QED) is 0.755. The minimum Gasteiger partial charge on any atom is -0.493 e. The van der Waals surface area contributed by atoms with Crippen molar-refractivity contribution in [3.8, 4) is 11.5 Å². The van der Waals surface area contributed by atoms with Crippen LogP contribution in [0.4, 0.5) is 10.5 Å². The van der Waals surface area contributed by atoms with Crippen LogP contribution in [0.1, 0.15) is 12.5 Å². The molecular weight excluding hydrogens is 374 g/mol. The summed E-state index contributed by atoms with van der Waals surface area (Å²) in [6, 6.07) is 13.4. The number of nitrogens with one attached hydrogen (secondary N) is 1. The average Bonchev–Trinajstić information content (AvgIpc) is 2.97. The summed E-state index contributed by atoms with van der Waals surface area (Å²) < 4.78 is 10.5. The molecule has 2 aromatic rings. The molecular formula is C21H23N3O5. The molecule has 3 rings (SSSR count). The van der Waals surface area contributed by atoms with Crippen molar-refractivity contribution in [2.24, 2.45) is 0 Å². The Hall–Kier alpha value is -3.55. The van der Waals surface area contributed by atoms with Gasteiger partial charge in [-0.2, -0.15) is 0 Å². The van der Waals surface area contributed by atoms with Gasteiger partial charge in [-0.25, -0.2) is 4.79 Å². The number of benzene rings is 2. The molecule has 0 radical (unpaired) electrons. The van der Waals surface area contributed by atoms with Crippen LogP contribution in [-0.4, -0.2) is 50.6 Å². The number of urea groups is 1. The van der Waals surface area contributed by atoms with E-state index in [4.69, 9.17) is 9.47 Å². The van der Waals surface area contributed by atoms with Crippen molar-refractivity contribution in [2.75, 3.05) is 32.7 Å². The fourth-order valence-corrected chi connectivity index (χ4v) is 3.22. The molecule has 2 aromatic carbocycles. The normalized spacial score (nSPS) is 18.4. The number of carbonyl (C=O) groups is 3. The summed E-state index contributed by atoms with van der Waals surface area (Å²) in [7, 11) is 4.60. The first-order chi connectivity index (χ1) is 13.8. The third-order valence-electron chi connectivity index (χ3n) is 5.05. The van der Waals surface area contributed by atoms with E-state index in [0.717, 1.165) is 4.90 Å². The summed E-state index contributed by atoms with van der Waals surface area (Å²) in [5.74, 6) is 0.0561. The summed E-state index contributed by atoms with van der Waals surface area (Å²) in [6.45, 7) is 1.23. The van der Waals surface area contributed by atoms with Crippen molar-refractivity contribution in [3.63, 3.8) is 0 Å². The van der Waals surface area contributed by atoms with Gasteiger partial charge in [0.15, 0.2) is 11.5 Å². The van der Waals surface area contributed by atoms with Crippen LogP contribution in [0, 0.1) is 0 Å². The number of rotatable bonds is 6. The zero-order valence-electron chi connectivity index (χ0n) is 16.8. The van der Waals surface area contributed by atoms with E-state index >= 15 is 0 Å². The molecule has 1 atom stereocenters. The Kier molecular flexibility index (Phi) is 5.45. The second kappa shape index (κ2) is 7.83. The molecule has 0 spiro atoms. The van der Waals surface area contributed by atoms with Crippen LogP contribution in [-0.2, 0) is 15.1 Å². The first kappa shape index (κ1) is 20.2. The number of likely N-dealkylation sites (N-methyl/N-ethyl adjacent to an activating group) is 1. The van der Waals surface area contributed by atoms with E-state index in [1.165, 1.54) is 19.1 Å². The Morgan fingerprint density at radius 3 is 2.34 bits per heavy atom. The minimum atomic E-state index is -1.32. The highest BCUT2D eigenvalue weighted by molar-refractivity contribution is 6.10. The fraction of sp³-hybridized carbons (Fsp3) is 0.286. The van der Waals surface area contributed by atoms with E-state index in [2.05, 4.69) is 5.32 Å². The van der Waals surface area contributed by atoms with Gasteiger partial charge >= 0.3 is 6.03 Å². The number of nitrogens with zero attached hydrogens (tertiary/aromatic N) is 2. The summed E-state index contributed by atoms with van der Waals surface area (Å²) >= 11 is 0. The van der Waals surface area contributed by atoms with Gasteiger partial charge < -0.3 is 19.7 Å². The maximum atomic E-state index is 13.1. The predicted octanol–water partition coefficient (Wildman–Crippen LogP) is 2.13. The minimum absolute atomic E-state index is 0.362. The van der Waals surface area contributed by atoms with Crippen LogP contribution < -0.4 is 19.7 Å². The molecule has 0 bridgehead atoms. The molecule has 152 valence electrons. The number of amides is 4. The zero-order valence-corrected chi connectivity index (χ0v) is 16.8. The zero-order chi connectivity index (χ0) is 21.2. The number of carbonyl (C=O) groups excluding carboxylic acids is 3. The van der Waals surface area contributed by atoms with Gasteiger partial charge in [-0.3, -0.25) is 14.5 Å². The number of anilines is 1. The molecule has 0 aliphatic carbocycles. The molecule has 29 heavy (non-hydrogen) atoms. The Morgan fingerprint density at radius 2 is 1.72 bits per heavy atom. The van der Waals surface area contributed by atoms with Gasteiger partial charge in [-0.1, -0.05) is 24.3 Å². The molecule has 0 aromatic heterocycles. The largest absolute Gasteiger partial charge is 0.493 e. The van der Waals surface area contributed by atoms with Gasteiger partial charge in [0.05, 0.1) is 14.2 Å². The second-order valence-electron chi connectivity index (χ2n) is 6.80. The summed E-state index contributed by atoms with van der Waals surface area (Å²) in [5.41, 5.74) is -0.116. The van der Waals surface area contributed by atoms with Crippen molar-refractivity contribution < 1.29 is 23.9 Å². The van der Waals surface area contributed by atoms with E-state index in [1.807, 2.05) is 6.07 Å². The highest BCUT2D eigenvalue weighted by atomic mass is 16.5. The van der Waals surface area contributed by atoms with Crippen LogP contribution >= 0.6 is 0 Å². The molecule has 1 aliphatic rings. The Labute approximate surface area is 169 Å². The molecule has 1 heterocycles. The summed E-state index contributed by atoms with van der Waals surface area (Å²) in [6.07, 6.45) is 0. The maximum absolute atomic E-state index is 13.1. The number of hydrogen-bond acceptors (Lipinski definition) is 5. The molecule has 8 nitrogen and oxygen atoms in total. The van der Waals surface area contributed by atoms with E-state index < -0.39 is 17.5 Å². The molecule has 8 heteroatoms. The van der Waals surface area contributed by atoms with Crippen LogP contribution in [0.15, 0.2) is 48.5 Å². The van der Waals surface area contributed by atoms with Gasteiger partial charge in [-0.05, 0) is 36.8 Å². The first-order valence-electron chi connectivity index (χ1n) is 9.00. The number of imide groups is 1. The van der Waals surface area contributed by atoms with Crippen LogP contribution in [0.5, 0.6) is 11.5 Å². The first-order valence-corrected chi connectivity index (χ1v) is 9.00. The number of methoxy groups -OCH3 is 2. The molecule has 1 saturated heterocycles. The van der Waals surface area contributed by atoms with Gasteiger partial charge in [-0.15, -0.1) is 0 Å². The van der Waals surface area contributed by atoms with Crippen LogP contribution in [0.2, 0.25) is 0 Å². The van der Waals surface area contributed by atoms with Crippen molar-refractivity contribution in [3.05, 3.63) is 54.1 Å². The molecule has 1 fully saturated rings. The number of hydrogen-bond donors (Lipinski definition) is 1. The van der Waals surface area contributed by atoms with E-state index in [9.17, 15) is 14.4 Å². The van der Waals surface area contributed by atoms with Crippen LogP contribution in [0.3, 0.4) is 0 Å². The van der Waals surface area contributed by atoms with Gasteiger partial charge in [0.1, 0.15) is 12.1 Å². The van der Waals surface area contributed by atoms with Gasteiger partial charge in [0.25, 0.3) is 5.91 Å². The Balaban J connectivity index is 1.83. The third-order valence-corrected chi connectivity index (χ3v) is 5.05. The lowest BCUT2D eigenvalue weighted by Crippen LogP contribution is -2.43. The second-order valence-corrected chi connectivity index (χ2v) is 6.80. The average molecular weight is 397 g/mol. The highest BCUT2D eigenvalue weighted by Crippen LogP contribution is 2.35. The molecule has 4 amide bonds. The Bertz CT molecular complexity index is 947. The lowest BCUT2D eigenvalue weighted by atomic mass is 9.91. The standard InChI is InChI=1S/C21H23N3O5/c1-21(14-10-11-16(28-3)17(12-14)29-4)19(26)24(20(27)22-21)13-18(25)23(2)15-8-6-5-7-9-15/h5-12H,13H2,1-4H3,(H,22,27)/t21-/m1/s1. The SMILES string of the molecule is COc1ccc([C@@]2(C)NC(=O)N(CC(=O)N(C)c3ccccc3)C2=O)cc1OC. The predicted molar refractivity (Wildman–Crippen MR) is 107 cm³/mol. The summed E-state index contributed by atoms with van der Waals surface area (Å²) in [5, 5.41) is 2.69. The van der Waals surface area contributed by atoms with Gasteiger partial charge in [0, 0.05) is 12.7 Å². The van der Waals surface area contributed by atoms with Crippen molar-refractivity contribution >= 4 is 23.5 Å². The van der Waals surface area contributed by atoms with Crippen LogP contribution in [0.25, 0.3) is 0 Å². The summed E-state index contributed by atoms with van der Waals surface area (Å²) in [4.78, 5) is 40.6. The monoisotopic (exact) mass is 397 g/mol. The van der Waals surface area contributed by atoms with Crippen molar-refractivity contribution in [1.82, 2.24) is 10.2 Å². The number of para-hydroxylation sites is 1.